The first-order chi connectivity index (χ1) is 18.4. The van der Waals surface area contributed by atoms with Crippen molar-refractivity contribution in [1.29, 1.82) is 0 Å². The first-order valence-corrected chi connectivity index (χ1v) is 15.1. The van der Waals surface area contributed by atoms with Crippen molar-refractivity contribution in [2.75, 3.05) is 23.7 Å². The summed E-state index contributed by atoms with van der Waals surface area (Å²) in [6.07, 6.45) is 1.28. The average Bonchev–Trinajstić information content (AvgIpc) is 2.88. The van der Waals surface area contributed by atoms with Crippen LogP contribution in [-0.2, 0) is 32.6 Å². The number of nitrogens with zero attached hydrogens (tertiary/aromatic N) is 2. The molecule has 0 bridgehead atoms. The summed E-state index contributed by atoms with van der Waals surface area (Å²) in [6, 6.07) is 21.8. The molecule has 0 aliphatic rings. The number of rotatable bonds is 12. The van der Waals surface area contributed by atoms with E-state index >= 15 is 0 Å². The minimum absolute atomic E-state index is 0.0791. The molecule has 1 N–H and O–H groups in total. The molecule has 208 valence electrons. The van der Waals surface area contributed by atoms with Gasteiger partial charge in [0.2, 0.25) is 21.8 Å². The van der Waals surface area contributed by atoms with E-state index in [1.807, 2.05) is 44.2 Å². The predicted molar refractivity (Wildman–Crippen MR) is 157 cm³/mol. The van der Waals surface area contributed by atoms with Gasteiger partial charge in [0.25, 0.3) is 0 Å². The van der Waals surface area contributed by atoms with E-state index in [-0.39, 0.29) is 30.5 Å². The summed E-state index contributed by atoms with van der Waals surface area (Å²) in [5, 5.41) is 3.83. The van der Waals surface area contributed by atoms with E-state index < -0.39 is 28.5 Å². The molecule has 10 heteroatoms. The molecule has 0 heterocycles. The van der Waals surface area contributed by atoms with Gasteiger partial charge in [-0.1, -0.05) is 85.6 Å². The smallest absolute Gasteiger partial charge is 0.244 e. The number of hydrogen-bond acceptors (Lipinski definition) is 4. The minimum atomic E-state index is -3.86. The average molecular weight is 591 g/mol. The van der Waals surface area contributed by atoms with E-state index in [1.54, 1.807) is 42.5 Å². The Morgan fingerprint density at radius 2 is 1.54 bits per heavy atom. The van der Waals surface area contributed by atoms with Crippen LogP contribution in [0.1, 0.15) is 25.0 Å². The van der Waals surface area contributed by atoms with Crippen LogP contribution in [0.3, 0.4) is 0 Å². The van der Waals surface area contributed by atoms with Gasteiger partial charge < -0.3 is 10.2 Å². The van der Waals surface area contributed by atoms with Crippen molar-refractivity contribution in [1.82, 2.24) is 10.2 Å². The highest BCUT2D eigenvalue weighted by Crippen LogP contribution is 2.23. The monoisotopic (exact) mass is 589 g/mol. The number of hydrogen-bond donors (Lipinski definition) is 1. The maximum Gasteiger partial charge on any atom is 0.244 e. The summed E-state index contributed by atoms with van der Waals surface area (Å²) in [7, 11) is -3.86. The van der Waals surface area contributed by atoms with Gasteiger partial charge in [-0.15, -0.1) is 0 Å². The number of sulfonamides is 1. The molecule has 0 spiro atoms. The molecule has 0 unspecified atom stereocenters. The quantitative estimate of drug-likeness (QED) is 0.315. The third-order valence-electron chi connectivity index (χ3n) is 6.00. The highest BCUT2D eigenvalue weighted by atomic mass is 35.5. The molecule has 3 aromatic rings. The predicted octanol–water partition coefficient (Wildman–Crippen LogP) is 5.17. The molecular weight excluding hydrogens is 557 g/mol. The molecule has 0 fully saturated rings. The van der Waals surface area contributed by atoms with Gasteiger partial charge >= 0.3 is 0 Å². The van der Waals surface area contributed by atoms with Gasteiger partial charge in [-0.25, -0.2) is 8.42 Å². The van der Waals surface area contributed by atoms with Crippen LogP contribution in [0.2, 0.25) is 10.0 Å². The summed E-state index contributed by atoms with van der Waals surface area (Å²) in [6.45, 7) is 3.98. The lowest BCUT2D eigenvalue weighted by molar-refractivity contribution is -0.140. The zero-order valence-corrected chi connectivity index (χ0v) is 24.5. The maximum absolute atomic E-state index is 14.0. The van der Waals surface area contributed by atoms with Crippen molar-refractivity contribution in [2.24, 2.45) is 5.92 Å². The maximum atomic E-state index is 14.0. The Kier molecular flexibility index (Phi) is 10.8. The molecule has 1 atom stereocenters. The van der Waals surface area contributed by atoms with Crippen LogP contribution in [0.4, 0.5) is 5.69 Å². The van der Waals surface area contributed by atoms with Crippen LogP contribution in [0, 0.1) is 5.92 Å². The van der Waals surface area contributed by atoms with Gasteiger partial charge in [0, 0.05) is 29.6 Å². The highest BCUT2D eigenvalue weighted by molar-refractivity contribution is 7.92. The van der Waals surface area contributed by atoms with E-state index in [4.69, 9.17) is 23.2 Å². The van der Waals surface area contributed by atoms with E-state index in [2.05, 4.69) is 5.32 Å². The third-order valence-corrected chi connectivity index (χ3v) is 7.62. The number of halogens is 2. The summed E-state index contributed by atoms with van der Waals surface area (Å²) >= 11 is 12.2. The Bertz CT molecular complexity index is 1370. The number of benzene rings is 3. The normalized spacial score (nSPS) is 12.2. The molecule has 0 saturated heterocycles. The molecule has 0 aromatic heterocycles. The number of anilines is 1. The first kappa shape index (κ1) is 30.5. The van der Waals surface area contributed by atoms with Crippen LogP contribution >= 0.6 is 23.2 Å². The molecule has 39 heavy (non-hydrogen) atoms. The van der Waals surface area contributed by atoms with Gasteiger partial charge in [-0.2, -0.15) is 0 Å². The van der Waals surface area contributed by atoms with Crippen molar-refractivity contribution in [3.8, 4) is 0 Å². The van der Waals surface area contributed by atoms with Crippen molar-refractivity contribution >= 4 is 50.7 Å². The molecule has 3 rings (SSSR count). The second-order valence-electron chi connectivity index (χ2n) is 9.74. The Balaban J connectivity index is 2.04. The third kappa shape index (κ3) is 9.27. The van der Waals surface area contributed by atoms with E-state index in [0.29, 0.717) is 16.6 Å². The number of carbonyl (C=O) groups is 2. The van der Waals surface area contributed by atoms with Crippen molar-refractivity contribution < 1.29 is 18.0 Å². The minimum Gasteiger partial charge on any atom is -0.354 e. The van der Waals surface area contributed by atoms with E-state index in [1.165, 1.54) is 11.0 Å². The fourth-order valence-electron chi connectivity index (χ4n) is 4.01. The molecule has 7 nitrogen and oxygen atoms in total. The van der Waals surface area contributed by atoms with E-state index in [9.17, 15) is 18.0 Å². The molecule has 0 aliphatic heterocycles. The molecule has 0 saturated carbocycles. The van der Waals surface area contributed by atoms with Gasteiger partial charge in [-0.3, -0.25) is 13.9 Å². The zero-order valence-electron chi connectivity index (χ0n) is 22.2. The molecule has 0 aliphatic carbocycles. The fraction of sp³-hybridized carbons (Fsp3) is 0.310. The molecule has 0 radical (unpaired) electrons. The van der Waals surface area contributed by atoms with Gasteiger partial charge in [-0.05, 0) is 47.4 Å². The molecule has 3 aromatic carbocycles. The summed E-state index contributed by atoms with van der Waals surface area (Å²) in [5.74, 6) is -0.644. The molecular formula is C29H33Cl2N3O4S. The second kappa shape index (κ2) is 13.8. The second-order valence-corrected chi connectivity index (χ2v) is 12.5. The lowest BCUT2D eigenvalue weighted by Gasteiger charge is -2.33. The fourth-order valence-corrected chi connectivity index (χ4v) is 5.16. The van der Waals surface area contributed by atoms with Crippen molar-refractivity contribution in [3.05, 3.63) is 100 Å². The van der Waals surface area contributed by atoms with Crippen molar-refractivity contribution in [2.45, 2.75) is 32.9 Å². The Labute approximate surface area is 240 Å². The van der Waals surface area contributed by atoms with Crippen molar-refractivity contribution in [3.63, 3.8) is 0 Å². The zero-order chi connectivity index (χ0) is 28.6. The lowest BCUT2D eigenvalue weighted by atomic mass is 10.0. The summed E-state index contributed by atoms with van der Waals surface area (Å²) in [4.78, 5) is 29.0. The standard InChI is InChI=1S/C29H33Cl2N3O4S/c1-21(2)18-32-29(36)27(16-22-8-5-4-6-9-22)33(19-23-12-14-24(30)15-13-23)28(35)20-34(39(3,37)38)26-11-7-10-25(31)17-26/h4-15,17,21,27H,16,18-20H2,1-3H3,(H,32,36)/t27-/m1/s1. The van der Waals surface area contributed by atoms with Crippen LogP contribution in [0.25, 0.3) is 0 Å². The van der Waals surface area contributed by atoms with Crippen LogP contribution < -0.4 is 9.62 Å². The van der Waals surface area contributed by atoms with Crippen LogP contribution in [0.15, 0.2) is 78.9 Å². The SMILES string of the molecule is CC(C)CNC(=O)[C@@H](Cc1ccccc1)N(Cc1ccc(Cl)cc1)C(=O)CN(c1cccc(Cl)c1)S(C)(=O)=O. The van der Waals surface area contributed by atoms with E-state index in [0.717, 1.165) is 21.7 Å². The largest absolute Gasteiger partial charge is 0.354 e. The van der Waals surface area contributed by atoms with Crippen LogP contribution in [0.5, 0.6) is 0 Å². The number of carbonyl (C=O) groups excluding carboxylic acids is 2. The number of amides is 2. The Morgan fingerprint density at radius 3 is 2.13 bits per heavy atom. The topological polar surface area (TPSA) is 86.8 Å². The lowest BCUT2D eigenvalue weighted by Crippen LogP contribution is -2.53. The van der Waals surface area contributed by atoms with Gasteiger partial charge in [0.05, 0.1) is 11.9 Å². The molecule has 2 amide bonds. The first-order valence-electron chi connectivity index (χ1n) is 12.5. The van der Waals surface area contributed by atoms with Gasteiger partial charge in [0.15, 0.2) is 0 Å². The summed E-state index contributed by atoms with van der Waals surface area (Å²) < 4.78 is 26.6. The van der Waals surface area contributed by atoms with Crippen LogP contribution in [-0.4, -0.2) is 50.5 Å². The number of nitrogens with one attached hydrogen (secondary N) is 1. The van der Waals surface area contributed by atoms with Gasteiger partial charge in [0.1, 0.15) is 12.6 Å². The highest BCUT2D eigenvalue weighted by Gasteiger charge is 2.33. The Hall–Kier alpha value is -3.07. The summed E-state index contributed by atoms with van der Waals surface area (Å²) in [5.41, 5.74) is 1.87. The Morgan fingerprint density at radius 1 is 0.872 bits per heavy atom.